The molecule has 0 spiro atoms. The van der Waals surface area contributed by atoms with Crippen LogP contribution in [-0.4, -0.2) is 66.8 Å². The van der Waals surface area contributed by atoms with Gasteiger partial charge in [0.25, 0.3) is 0 Å². The molecular formula is C49H88N3O9P. The van der Waals surface area contributed by atoms with Crippen LogP contribution in [0.2, 0.25) is 0 Å². The molecule has 62 heavy (non-hydrogen) atoms. The normalized spacial score (nSPS) is 13.7. The molecular weight excluding hydrogens is 806 g/mol. The van der Waals surface area contributed by atoms with Crippen LogP contribution in [-0.2, 0) is 48.4 Å². The van der Waals surface area contributed by atoms with Gasteiger partial charge in [-0.2, -0.15) is 0 Å². The van der Waals surface area contributed by atoms with E-state index in [0.717, 1.165) is 69.9 Å². The number of carbonyl (C=O) groups is 3. The molecule has 3 atom stereocenters. The van der Waals surface area contributed by atoms with Crippen LogP contribution in [0.3, 0.4) is 0 Å². The maximum Gasteiger partial charge on any atom is 0.474 e. The van der Waals surface area contributed by atoms with Gasteiger partial charge < -0.3 is 20.2 Å². The van der Waals surface area contributed by atoms with Gasteiger partial charge in [-0.05, 0) is 70.6 Å². The molecule has 3 N–H and O–H groups in total. The first-order valence-electron chi connectivity index (χ1n) is 24.6. The van der Waals surface area contributed by atoms with Gasteiger partial charge in [-0.3, -0.25) is 28.0 Å². The second kappa shape index (κ2) is 41.1. The highest BCUT2D eigenvalue weighted by Crippen LogP contribution is 2.48. The highest BCUT2D eigenvalue weighted by atomic mass is 31.2. The quantitative estimate of drug-likeness (QED) is 0.0276. The number of phosphoric ester groups is 1. The SMILES string of the molecule is CCCCCCCC/C=C\CCCCCCCC(=O)OCC(COP(=O)(OC)OCCCC(=O)C(N)Cc1cnc[nH]1)OC(=O)CCCCCCC/C=C\CCCCCCCC. The number of ether oxygens (including phenoxy) is 2. The van der Waals surface area contributed by atoms with Gasteiger partial charge in [0.2, 0.25) is 0 Å². The molecule has 12 nitrogen and oxygen atoms in total. The van der Waals surface area contributed by atoms with Gasteiger partial charge in [-0.25, -0.2) is 9.55 Å². The van der Waals surface area contributed by atoms with Crippen LogP contribution < -0.4 is 5.73 Å². The Hall–Kier alpha value is -2.63. The predicted molar refractivity (Wildman–Crippen MR) is 251 cm³/mol. The zero-order chi connectivity index (χ0) is 45.2. The third-order valence-corrected chi connectivity index (χ3v) is 12.3. The van der Waals surface area contributed by atoms with Gasteiger partial charge in [0.1, 0.15) is 12.4 Å². The summed E-state index contributed by atoms with van der Waals surface area (Å²) >= 11 is 0. The van der Waals surface area contributed by atoms with Gasteiger partial charge >= 0.3 is 19.8 Å². The Bertz CT molecular complexity index is 1320. The molecule has 0 bridgehead atoms. The van der Waals surface area contributed by atoms with Crippen LogP contribution in [0.15, 0.2) is 36.8 Å². The highest BCUT2D eigenvalue weighted by molar-refractivity contribution is 7.48. The van der Waals surface area contributed by atoms with Crippen molar-refractivity contribution >= 4 is 25.5 Å². The summed E-state index contributed by atoms with van der Waals surface area (Å²) in [7, 11) is -2.88. The zero-order valence-electron chi connectivity index (χ0n) is 39.3. The molecule has 13 heteroatoms. The minimum atomic E-state index is -4.07. The number of phosphoric acid groups is 1. The summed E-state index contributed by atoms with van der Waals surface area (Å²) in [6.07, 6.45) is 42.8. The van der Waals surface area contributed by atoms with Crippen LogP contribution in [0.5, 0.6) is 0 Å². The molecule has 0 amide bonds. The van der Waals surface area contributed by atoms with Crippen LogP contribution in [0.1, 0.15) is 212 Å². The molecule has 0 fully saturated rings. The summed E-state index contributed by atoms with van der Waals surface area (Å²) in [5.41, 5.74) is 6.79. The first-order valence-corrected chi connectivity index (χ1v) is 26.0. The number of aromatic nitrogens is 2. The standard InChI is InChI=1S/C49H88N3O9P/c1-4-6-8-10-12-14-16-18-20-22-24-26-28-30-32-36-48(54)58-41-45(61-49(55)37-33-31-29-27-25-23-21-19-17-15-13-11-9-7-5-2)42-60-62(56,57-3)59-38-34-35-47(53)46(50)39-44-40-51-43-52-44/h18-21,40,43,45-46H,4-17,22-39,41-42,50H2,1-3H3,(H,51,52)/b20-18-,21-19-. The second-order valence-corrected chi connectivity index (χ2v) is 18.5. The number of H-pyrrole nitrogens is 1. The number of hydrogen-bond acceptors (Lipinski definition) is 11. The molecule has 1 rings (SSSR count). The number of hydrogen-bond donors (Lipinski definition) is 2. The predicted octanol–water partition coefficient (Wildman–Crippen LogP) is 12.9. The molecule has 358 valence electrons. The largest absolute Gasteiger partial charge is 0.474 e. The van der Waals surface area contributed by atoms with Crippen molar-refractivity contribution < 1.29 is 42.0 Å². The lowest BCUT2D eigenvalue weighted by molar-refractivity contribution is -0.161. The van der Waals surface area contributed by atoms with Gasteiger partial charge in [-0.15, -0.1) is 0 Å². The maximum absolute atomic E-state index is 13.3. The summed E-state index contributed by atoms with van der Waals surface area (Å²) in [5.74, 6) is -0.997. The summed E-state index contributed by atoms with van der Waals surface area (Å²) in [5, 5.41) is 0. The van der Waals surface area contributed by atoms with Crippen molar-refractivity contribution in [2.75, 3.05) is 26.9 Å². The van der Waals surface area contributed by atoms with Crippen LogP contribution in [0.25, 0.3) is 0 Å². The number of nitrogens with one attached hydrogen (secondary N) is 1. The van der Waals surface area contributed by atoms with Crippen molar-refractivity contribution in [3.8, 4) is 0 Å². The fourth-order valence-corrected chi connectivity index (χ4v) is 7.96. The highest BCUT2D eigenvalue weighted by Gasteiger charge is 2.29. The van der Waals surface area contributed by atoms with Crippen molar-refractivity contribution in [3.05, 3.63) is 42.5 Å². The Morgan fingerprint density at radius 1 is 0.645 bits per heavy atom. The van der Waals surface area contributed by atoms with Gasteiger partial charge in [0, 0.05) is 44.7 Å². The number of imidazole rings is 1. The molecule has 0 aliphatic heterocycles. The second-order valence-electron chi connectivity index (χ2n) is 16.7. The van der Waals surface area contributed by atoms with E-state index < -0.39 is 25.9 Å². The number of unbranched alkanes of at least 4 members (excludes halogenated alkanes) is 22. The topological polar surface area (TPSA) is 169 Å². The van der Waals surface area contributed by atoms with E-state index in [-0.39, 0.29) is 57.3 Å². The summed E-state index contributed by atoms with van der Waals surface area (Å²) < 4.78 is 40.5. The molecule has 0 saturated carbocycles. The van der Waals surface area contributed by atoms with E-state index in [9.17, 15) is 18.9 Å². The van der Waals surface area contributed by atoms with Crippen molar-refractivity contribution in [3.63, 3.8) is 0 Å². The molecule has 0 radical (unpaired) electrons. The van der Waals surface area contributed by atoms with E-state index in [1.54, 1.807) is 6.20 Å². The van der Waals surface area contributed by atoms with E-state index in [1.165, 1.54) is 103 Å². The average molecular weight is 894 g/mol. The van der Waals surface area contributed by atoms with E-state index in [1.807, 2.05) is 0 Å². The number of nitrogens with two attached hydrogens (primary N) is 1. The van der Waals surface area contributed by atoms with Crippen LogP contribution in [0, 0.1) is 0 Å². The molecule has 1 aromatic heterocycles. The summed E-state index contributed by atoms with van der Waals surface area (Å²) in [6.45, 7) is 3.80. The van der Waals surface area contributed by atoms with E-state index >= 15 is 0 Å². The third kappa shape index (κ3) is 34.8. The van der Waals surface area contributed by atoms with E-state index in [4.69, 9.17) is 28.8 Å². The molecule has 0 aliphatic rings. The smallest absolute Gasteiger partial charge is 0.462 e. The minimum Gasteiger partial charge on any atom is -0.462 e. The number of Topliss-reactive ketones (excluding diaryl/α,β-unsaturated/α-hetero) is 1. The van der Waals surface area contributed by atoms with Crippen molar-refractivity contribution in [1.82, 2.24) is 9.97 Å². The van der Waals surface area contributed by atoms with E-state index in [2.05, 4.69) is 48.1 Å². The fraction of sp³-hybridized carbons (Fsp3) is 0.796. The molecule has 1 heterocycles. The average Bonchev–Trinajstić information content (AvgIpc) is 3.79. The Labute approximate surface area is 376 Å². The van der Waals surface area contributed by atoms with Crippen molar-refractivity contribution in [1.29, 1.82) is 0 Å². The Morgan fingerprint density at radius 2 is 1.13 bits per heavy atom. The Morgan fingerprint density at radius 3 is 1.61 bits per heavy atom. The Balaban J connectivity index is 2.45. The van der Waals surface area contributed by atoms with Gasteiger partial charge in [-0.1, -0.05) is 141 Å². The van der Waals surface area contributed by atoms with Crippen molar-refractivity contribution in [2.45, 2.75) is 225 Å². The molecule has 0 aliphatic carbocycles. The van der Waals surface area contributed by atoms with Crippen LogP contribution in [0.4, 0.5) is 0 Å². The summed E-state index contributed by atoms with van der Waals surface area (Å²) in [4.78, 5) is 44.9. The molecule has 0 saturated heterocycles. The number of aromatic amines is 1. The number of nitrogens with zero attached hydrogens (tertiary/aromatic N) is 1. The lowest BCUT2D eigenvalue weighted by atomic mass is 10.0. The number of esters is 2. The zero-order valence-corrected chi connectivity index (χ0v) is 40.2. The maximum atomic E-state index is 13.3. The molecule has 0 aromatic carbocycles. The lowest BCUT2D eigenvalue weighted by Crippen LogP contribution is -2.32. The first-order chi connectivity index (χ1) is 30.2. The molecule has 3 unspecified atom stereocenters. The monoisotopic (exact) mass is 894 g/mol. The summed E-state index contributed by atoms with van der Waals surface area (Å²) in [6, 6.07) is -0.706. The fourth-order valence-electron chi connectivity index (χ4n) is 6.97. The molecule has 1 aromatic rings. The van der Waals surface area contributed by atoms with Crippen LogP contribution >= 0.6 is 7.82 Å². The number of rotatable bonds is 45. The third-order valence-electron chi connectivity index (χ3n) is 10.9. The Kier molecular flexibility index (Phi) is 38.0. The first kappa shape index (κ1) is 57.4. The number of carbonyl (C=O) groups excluding carboxylic acids is 3. The lowest BCUT2D eigenvalue weighted by Gasteiger charge is -2.21. The van der Waals surface area contributed by atoms with Crippen molar-refractivity contribution in [2.24, 2.45) is 5.73 Å². The number of ketones is 1. The minimum absolute atomic E-state index is 0.0848. The van der Waals surface area contributed by atoms with E-state index in [0.29, 0.717) is 19.3 Å². The van der Waals surface area contributed by atoms with Gasteiger partial charge in [0.05, 0.1) is 25.6 Å². The number of allylic oxidation sites excluding steroid dienone is 4. The van der Waals surface area contributed by atoms with Gasteiger partial charge in [0.15, 0.2) is 6.10 Å².